The lowest BCUT2D eigenvalue weighted by Crippen LogP contribution is -2.26. The quantitative estimate of drug-likeness (QED) is 0.816. The molecule has 2 aliphatic rings. The van der Waals surface area contributed by atoms with E-state index in [1.165, 1.54) is 0 Å². The smallest absolute Gasteiger partial charge is 0.237 e. The van der Waals surface area contributed by atoms with Gasteiger partial charge in [-0.3, -0.25) is 10.1 Å². The van der Waals surface area contributed by atoms with Crippen LogP contribution in [0.5, 0.6) is 0 Å². The molecule has 0 aliphatic carbocycles. The molecule has 0 spiro atoms. The number of rotatable bonds is 1. The fourth-order valence-electron chi connectivity index (χ4n) is 2.24. The van der Waals surface area contributed by atoms with Crippen molar-refractivity contribution in [1.29, 1.82) is 0 Å². The van der Waals surface area contributed by atoms with Gasteiger partial charge in [-0.15, -0.1) is 11.8 Å². The van der Waals surface area contributed by atoms with Crippen LogP contribution in [0, 0.1) is 0 Å². The second kappa shape index (κ2) is 4.57. The zero-order valence-electron chi connectivity index (χ0n) is 10.4. The lowest BCUT2D eigenvalue weighted by atomic mass is 10.1. The van der Waals surface area contributed by atoms with Crippen molar-refractivity contribution in [1.82, 2.24) is 5.32 Å². The van der Waals surface area contributed by atoms with Crippen LogP contribution in [0.15, 0.2) is 23.1 Å². The Labute approximate surface area is 110 Å². The largest absolute Gasteiger partial charge is 0.354 e. The van der Waals surface area contributed by atoms with Gasteiger partial charge in [-0.05, 0) is 31.5 Å². The Morgan fingerprint density at radius 2 is 2.22 bits per heavy atom. The molecule has 3 atom stereocenters. The number of amides is 1. The third kappa shape index (κ3) is 2.13. The molecule has 3 unspecified atom stereocenters. The highest BCUT2D eigenvalue weighted by atomic mass is 32.2. The summed E-state index contributed by atoms with van der Waals surface area (Å²) in [5, 5.41) is 6.18. The fourth-order valence-corrected chi connectivity index (χ4v) is 3.17. The van der Waals surface area contributed by atoms with Crippen LogP contribution in [-0.4, -0.2) is 23.9 Å². The van der Waals surface area contributed by atoms with E-state index in [1.54, 1.807) is 11.8 Å². The molecule has 5 heteroatoms. The molecular weight excluding hydrogens is 248 g/mol. The molecule has 0 saturated carbocycles. The Morgan fingerprint density at radius 3 is 2.94 bits per heavy atom. The maximum absolute atomic E-state index is 11.7. The average molecular weight is 264 g/mol. The fraction of sp³-hybridized carbons (Fsp3) is 0.462. The minimum Gasteiger partial charge on any atom is -0.354 e. The Morgan fingerprint density at radius 1 is 1.39 bits per heavy atom. The van der Waals surface area contributed by atoms with Crippen LogP contribution in [0.25, 0.3) is 0 Å². The molecule has 1 aromatic rings. The van der Waals surface area contributed by atoms with Crippen molar-refractivity contribution >= 4 is 23.4 Å². The number of ether oxygens (including phenoxy) is 1. The first kappa shape index (κ1) is 12.0. The number of anilines is 1. The third-order valence-corrected chi connectivity index (χ3v) is 4.44. The van der Waals surface area contributed by atoms with Gasteiger partial charge < -0.3 is 10.1 Å². The Hall–Kier alpha value is -1.04. The van der Waals surface area contributed by atoms with Crippen molar-refractivity contribution in [2.45, 2.75) is 36.3 Å². The normalized spacial score (nSPS) is 31.0. The van der Waals surface area contributed by atoms with E-state index >= 15 is 0 Å². The molecule has 1 amide bonds. The monoisotopic (exact) mass is 264 g/mol. The number of carbonyl (C=O) groups excluding carboxylic acids is 1. The summed E-state index contributed by atoms with van der Waals surface area (Å²) in [6.45, 7) is 4.73. The standard InChI is InChI=1S/C13H16N2O2S/c1-7-13(16)15-10-5-9(3-4-12(10)18-7)11-6-14-8(2)17-11/h3-5,7-8,11,14H,6H2,1-2H3,(H,15,16). The first-order valence-corrected chi connectivity index (χ1v) is 7.02. The molecule has 0 radical (unpaired) electrons. The first-order chi connectivity index (χ1) is 8.63. The summed E-state index contributed by atoms with van der Waals surface area (Å²) in [6, 6.07) is 6.18. The molecule has 0 bridgehead atoms. The number of carbonyl (C=O) groups is 1. The molecule has 96 valence electrons. The predicted molar refractivity (Wildman–Crippen MR) is 71.7 cm³/mol. The maximum atomic E-state index is 11.7. The van der Waals surface area contributed by atoms with Crippen LogP contribution in [0.4, 0.5) is 5.69 Å². The summed E-state index contributed by atoms with van der Waals surface area (Å²) < 4.78 is 5.76. The number of hydrogen-bond donors (Lipinski definition) is 2. The van der Waals surface area contributed by atoms with E-state index in [0.717, 1.165) is 22.7 Å². The predicted octanol–water partition coefficient (Wildman–Crippen LogP) is 2.13. The number of hydrogen-bond acceptors (Lipinski definition) is 4. The summed E-state index contributed by atoms with van der Waals surface area (Å²) in [5.74, 6) is 0.0727. The van der Waals surface area contributed by atoms with Crippen LogP contribution < -0.4 is 10.6 Å². The number of nitrogens with one attached hydrogen (secondary N) is 2. The molecule has 2 aliphatic heterocycles. The minimum atomic E-state index is -0.0206. The van der Waals surface area contributed by atoms with E-state index in [4.69, 9.17) is 4.74 Å². The first-order valence-electron chi connectivity index (χ1n) is 6.14. The van der Waals surface area contributed by atoms with Gasteiger partial charge in [0.05, 0.1) is 17.0 Å². The van der Waals surface area contributed by atoms with Crippen LogP contribution in [0.3, 0.4) is 0 Å². The maximum Gasteiger partial charge on any atom is 0.237 e. The van der Waals surface area contributed by atoms with Gasteiger partial charge in [0.2, 0.25) is 5.91 Å². The molecule has 4 nitrogen and oxygen atoms in total. The second-order valence-electron chi connectivity index (χ2n) is 4.68. The minimum absolute atomic E-state index is 0.0206. The van der Waals surface area contributed by atoms with Gasteiger partial charge in [-0.25, -0.2) is 0 Å². The van der Waals surface area contributed by atoms with Crippen LogP contribution in [-0.2, 0) is 9.53 Å². The van der Waals surface area contributed by atoms with Crippen LogP contribution in [0.1, 0.15) is 25.5 Å². The van der Waals surface area contributed by atoms with E-state index < -0.39 is 0 Å². The van der Waals surface area contributed by atoms with E-state index in [2.05, 4.69) is 22.8 Å². The summed E-state index contributed by atoms with van der Waals surface area (Å²) in [5.41, 5.74) is 2.02. The zero-order valence-corrected chi connectivity index (χ0v) is 11.2. The summed E-state index contributed by atoms with van der Waals surface area (Å²) in [4.78, 5) is 12.8. The van der Waals surface area contributed by atoms with Crippen molar-refractivity contribution in [2.24, 2.45) is 0 Å². The molecule has 1 saturated heterocycles. The molecule has 2 heterocycles. The molecule has 0 aromatic heterocycles. The lowest BCUT2D eigenvalue weighted by Gasteiger charge is -2.22. The van der Waals surface area contributed by atoms with Crippen molar-refractivity contribution in [3.63, 3.8) is 0 Å². The van der Waals surface area contributed by atoms with Gasteiger partial charge in [0.15, 0.2) is 0 Å². The summed E-state index contributed by atoms with van der Waals surface area (Å²) in [6.07, 6.45) is 0.168. The van der Waals surface area contributed by atoms with Crippen molar-refractivity contribution in [3.8, 4) is 0 Å². The van der Waals surface area contributed by atoms with Gasteiger partial charge in [0.1, 0.15) is 6.23 Å². The Balaban J connectivity index is 1.87. The Bertz CT molecular complexity index is 492. The topological polar surface area (TPSA) is 50.4 Å². The summed E-state index contributed by atoms with van der Waals surface area (Å²) >= 11 is 1.60. The number of fused-ring (bicyclic) bond motifs is 1. The zero-order chi connectivity index (χ0) is 12.7. The highest BCUT2D eigenvalue weighted by molar-refractivity contribution is 8.00. The Kier molecular flexibility index (Phi) is 3.05. The summed E-state index contributed by atoms with van der Waals surface area (Å²) in [7, 11) is 0. The highest BCUT2D eigenvalue weighted by Gasteiger charge is 2.26. The van der Waals surface area contributed by atoms with Crippen molar-refractivity contribution in [2.75, 3.05) is 11.9 Å². The van der Waals surface area contributed by atoms with Gasteiger partial charge in [0, 0.05) is 11.4 Å². The SMILES string of the molecule is CC1NCC(c2ccc3c(c2)NC(=O)C(C)S3)O1. The molecule has 1 fully saturated rings. The number of benzene rings is 1. The molecule has 18 heavy (non-hydrogen) atoms. The second-order valence-corrected chi connectivity index (χ2v) is 6.06. The van der Waals surface area contributed by atoms with Gasteiger partial charge >= 0.3 is 0 Å². The van der Waals surface area contributed by atoms with Gasteiger partial charge in [-0.1, -0.05) is 6.07 Å². The van der Waals surface area contributed by atoms with Crippen LogP contribution >= 0.6 is 11.8 Å². The van der Waals surface area contributed by atoms with Gasteiger partial charge in [-0.2, -0.15) is 0 Å². The molecular formula is C13H16N2O2S. The van der Waals surface area contributed by atoms with E-state index in [9.17, 15) is 4.79 Å². The third-order valence-electron chi connectivity index (χ3n) is 3.27. The van der Waals surface area contributed by atoms with E-state index in [0.29, 0.717) is 0 Å². The number of thioether (sulfide) groups is 1. The lowest BCUT2D eigenvalue weighted by molar-refractivity contribution is -0.115. The van der Waals surface area contributed by atoms with Crippen molar-refractivity contribution in [3.05, 3.63) is 23.8 Å². The molecule has 2 N–H and O–H groups in total. The van der Waals surface area contributed by atoms with Gasteiger partial charge in [0.25, 0.3) is 0 Å². The van der Waals surface area contributed by atoms with Crippen molar-refractivity contribution < 1.29 is 9.53 Å². The highest BCUT2D eigenvalue weighted by Crippen LogP contribution is 2.37. The molecule has 3 rings (SSSR count). The van der Waals surface area contributed by atoms with E-state index in [-0.39, 0.29) is 23.5 Å². The van der Waals surface area contributed by atoms with Crippen LogP contribution in [0.2, 0.25) is 0 Å². The molecule has 1 aromatic carbocycles. The van der Waals surface area contributed by atoms with E-state index in [1.807, 2.05) is 19.9 Å². The average Bonchev–Trinajstić information content (AvgIpc) is 2.77.